The molecule has 0 aliphatic carbocycles. The first kappa shape index (κ1) is 28.9. The second-order valence-electron chi connectivity index (χ2n) is 6.48. The van der Waals surface area contributed by atoms with Gasteiger partial charge in [0.1, 0.15) is 25.0 Å². The van der Waals surface area contributed by atoms with Crippen LogP contribution in [0, 0.1) is 0 Å². The van der Waals surface area contributed by atoms with E-state index in [1.165, 1.54) is 6.92 Å². The highest BCUT2D eigenvalue weighted by Gasteiger charge is 2.20. The van der Waals surface area contributed by atoms with Crippen LogP contribution in [0.25, 0.3) is 0 Å². The van der Waals surface area contributed by atoms with E-state index in [0.717, 1.165) is 6.54 Å². The molecule has 0 saturated heterocycles. The van der Waals surface area contributed by atoms with Crippen molar-refractivity contribution in [2.75, 3.05) is 73.0 Å². The van der Waals surface area contributed by atoms with Crippen LogP contribution in [0.3, 0.4) is 0 Å². The molecule has 0 aliphatic rings. The van der Waals surface area contributed by atoms with Gasteiger partial charge in [-0.05, 0) is 20.4 Å². The summed E-state index contributed by atoms with van der Waals surface area (Å²) >= 11 is 0. The molecule has 0 aromatic heterocycles. The number of amides is 2. The van der Waals surface area contributed by atoms with Gasteiger partial charge in [0, 0.05) is 19.5 Å². The van der Waals surface area contributed by atoms with Gasteiger partial charge in [-0.3, -0.25) is 9.59 Å². The van der Waals surface area contributed by atoms with Crippen LogP contribution in [0.1, 0.15) is 19.8 Å². The Kier molecular flexibility index (Phi) is 18.5. The zero-order valence-corrected chi connectivity index (χ0v) is 18.3. The maximum Gasteiger partial charge on any atom is 0.326 e. The minimum absolute atomic E-state index is 0.0285. The maximum atomic E-state index is 11.7. The van der Waals surface area contributed by atoms with E-state index in [1.54, 1.807) is 0 Å². The predicted molar refractivity (Wildman–Crippen MR) is 110 cm³/mol. The second-order valence-corrected chi connectivity index (χ2v) is 6.48. The van der Waals surface area contributed by atoms with Gasteiger partial charge in [-0.25, -0.2) is 4.79 Å². The molecule has 0 aliphatic heterocycles. The van der Waals surface area contributed by atoms with E-state index in [2.05, 4.69) is 16.0 Å². The zero-order valence-electron chi connectivity index (χ0n) is 18.3. The number of aliphatic carboxylic acids is 1. The molecule has 0 saturated carbocycles. The van der Waals surface area contributed by atoms with Crippen molar-refractivity contribution in [1.29, 1.82) is 0 Å². The Hall–Kier alpha value is -2.12. The minimum atomic E-state index is -1.21. The lowest BCUT2D eigenvalue weighted by Gasteiger charge is -2.14. The van der Waals surface area contributed by atoms with Crippen molar-refractivity contribution in [3.63, 3.8) is 0 Å². The molecule has 0 aromatic rings. The van der Waals surface area contributed by atoms with Crippen LogP contribution in [-0.4, -0.2) is 108 Å². The third-order valence-electron chi connectivity index (χ3n) is 3.69. The minimum Gasteiger partial charge on any atom is -0.480 e. The monoisotopic (exact) mass is 449 g/mol. The number of Topliss-reactive ketones (excluding diaryl/α,β-unsaturated/α-hetero) is 1. The Morgan fingerprint density at radius 2 is 1.35 bits per heavy atom. The summed E-state index contributed by atoms with van der Waals surface area (Å²) in [7, 11) is 1.83. The van der Waals surface area contributed by atoms with Crippen LogP contribution in [0.15, 0.2) is 0 Å². The lowest BCUT2D eigenvalue weighted by Crippen LogP contribution is -2.42. The summed E-state index contributed by atoms with van der Waals surface area (Å²) in [6, 6.07) is -1.13. The van der Waals surface area contributed by atoms with Crippen LogP contribution >= 0.6 is 0 Å². The molecule has 0 radical (unpaired) electrons. The highest BCUT2D eigenvalue weighted by atomic mass is 16.5. The lowest BCUT2D eigenvalue weighted by atomic mass is 10.1. The van der Waals surface area contributed by atoms with Gasteiger partial charge < -0.3 is 44.8 Å². The van der Waals surface area contributed by atoms with Gasteiger partial charge in [0.05, 0.1) is 39.6 Å². The fraction of sp³-hybridized carbons (Fsp3) is 0.789. The van der Waals surface area contributed by atoms with Gasteiger partial charge >= 0.3 is 5.97 Å². The average Bonchev–Trinajstić information content (AvgIpc) is 2.71. The number of likely N-dealkylation sites (N-methyl/N-ethyl adjacent to an activating group) is 1. The smallest absolute Gasteiger partial charge is 0.326 e. The van der Waals surface area contributed by atoms with Gasteiger partial charge in [-0.1, -0.05) is 0 Å². The van der Waals surface area contributed by atoms with E-state index in [0.29, 0.717) is 26.4 Å². The number of carbonyl (C=O) groups is 4. The molecule has 0 unspecified atom stereocenters. The van der Waals surface area contributed by atoms with Crippen molar-refractivity contribution in [3.05, 3.63) is 0 Å². The molecule has 0 aromatic carbocycles. The molecule has 1 atom stereocenters. The predicted octanol–water partition coefficient (Wildman–Crippen LogP) is -1.67. The van der Waals surface area contributed by atoms with Crippen molar-refractivity contribution >= 4 is 23.6 Å². The summed E-state index contributed by atoms with van der Waals surface area (Å²) in [6.07, 6.45) is 0.0979. The maximum absolute atomic E-state index is 11.7. The van der Waals surface area contributed by atoms with E-state index >= 15 is 0 Å². The molecular formula is C19H35N3O9. The number of carboxylic acid groups (broad SMARTS) is 1. The summed E-state index contributed by atoms with van der Waals surface area (Å²) in [6.45, 7) is 3.98. The fourth-order valence-electron chi connectivity index (χ4n) is 2.10. The number of hydrogen-bond acceptors (Lipinski definition) is 9. The molecule has 0 heterocycles. The molecule has 12 heteroatoms. The van der Waals surface area contributed by atoms with Crippen LogP contribution < -0.4 is 16.0 Å². The van der Waals surface area contributed by atoms with Crippen molar-refractivity contribution < 1.29 is 43.2 Å². The molecular weight excluding hydrogens is 414 g/mol. The molecule has 0 bridgehead atoms. The van der Waals surface area contributed by atoms with Crippen LogP contribution in [0.5, 0.6) is 0 Å². The summed E-state index contributed by atoms with van der Waals surface area (Å²) in [4.78, 5) is 45.2. The standard InChI is InChI=1S/C19H35N3O9/c1-15(23)3-4-16(19(26)27)22-18(25)14-31-12-10-29-8-6-21-17(24)13-30-11-9-28-7-5-20-2/h16,20H,3-14H2,1-2H3,(H,21,24)(H,22,25)(H,26,27)/t16-/m0/s1. The van der Waals surface area contributed by atoms with E-state index < -0.39 is 17.9 Å². The molecule has 0 rings (SSSR count). The number of carbonyl (C=O) groups excluding carboxylic acids is 3. The van der Waals surface area contributed by atoms with Gasteiger partial charge in [0.15, 0.2) is 0 Å². The Morgan fingerprint density at radius 3 is 1.90 bits per heavy atom. The van der Waals surface area contributed by atoms with Gasteiger partial charge in [-0.2, -0.15) is 0 Å². The number of rotatable bonds is 21. The van der Waals surface area contributed by atoms with E-state index in [9.17, 15) is 19.2 Å². The molecule has 4 N–H and O–H groups in total. The van der Waals surface area contributed by atoms with Crippen LogP contribution in [0.2, 0.25) is 0 Å². The Labute approximate surface area is 182 Å². The molecule has 0 spiro atoms. The van der Waals surface area contributed by atoms with Crippen molar-refractivity contribution in [1.82, 2.24) is 16.0 Å². The van der Waals surface area contributed by atoms with Crippen molar-refractivity contribution in [2.45, 2.75) is 25.8 Å². The molecule has 2 amide bonds. The van der Waals surface area contributed by atoms with Crippen molar-refractivity contribution in [3.8, 4) is 0 Å². The van der Waals surface area contributed by atoms with Crippen LogP contribution in [0.4, 0.5) is 0 Å². The number of ether oxygens (including phenoxy) is 4. The van der Waals surface area contributed by atoms with E-state index in [4.69, 9.17) is 24.1 Å². The second kappa shape index (κ2) is 19.8. The normalized spacial score (nSPS) is 11.7. The first-order chi connectivity index (χ1) is 14.9. The molecule has 12 nitrogen and oxygen atoms in total. The highest BCUT2D eigenvalue weighted by Crippen LogP contribution is 1.99. The van der Waals surface area contributed by atoms with E-state index in [-0.39, 0.29) is 57.6 Å². The van der Waals surface area contributed by atoms with Gasteiger partial charge in [0.25, 0.3) is 0 Å². The summed E-state index contributed by atoms with van der Waals surface area (Å²) in [5.41, 5.74) is 0. The Morgan fingerprint density at radius 1 is 0.806 bits per heavy atom. The topological polar surface area (TPSA) is 162 Å². The summed E-state index contributed by atoms with van der Waals surface area (Å²) < 4.78 is 20.8. The summed E-state index contributed by atoms with van der Waals surface area (Å²) in [5, 5.41) is 16.9. The third-order valence-corrected chi connectivity index (χ3v) is 3.69. The molecule has 0 fully saturated rings. The molecule has 31 heavy (non-hydrogen) atoms. The quantitative estimate of drug-likeness (QED) is 0.149. The largest absolute Gasteiger partial charge is 0.480 e. The number of nitrogens with one attached hydrogen (secondary N) is 3. The molecule has 180 valence electrons. The zero-order chi connectivity index (χ0) is 23.3. The lowest BCUT2D eigenvalue weighted by molar-refractivity contribution is -0.143. The van der Waals surface area contributed by atoms with E-state index in [1.807, 2.05) is 7.05 Å². The summed E-state index contributed by atoms with van der Waals surface area (Å²) in [5.74, 6) is -2.20. The van der Waals surface area contributed by atoms with Crippen LogP contribution in [-0.2, 0) is 38.1 Å². The first-order valence-corrected chi connectivity index (χ1v) is 10.1. The number of ketones is 1. The van der Waals surface area contributed by atoms with Gasteiger partial charge in [-0.15, -0.1) is 0 Å². The number of carboxylic acids is 1. The first-order valence-electron chi connectivity index (χ1n) is 10.1. The number of hydrogen-bond donors (Lipinski definition) is 4. The highest BCUT2D eigenvalue weighted by molar-refractivity contribution is 5.85. The van der Waals surface area contributed by atoms with Gasteiger partial charge in [0.2, 0.25) is 11.8 Å². The fourth-order valence-corrected chi connectivity index (χ4v) is 2.10. The average molecular weight is 450 g/mol. The SMILES string of the molecule is CNCCOCCOCC(=O)NCCOCCOCC(=O)N[C@@H](CCC(C)=O)C(=O)O. The Bertz CT molecular complexity index is 532. The van der Waals surface area contributed by atoms with Crippen molar-refractivity contribution in [2.24, 2.45) is 0 Å². The third kappa shape index (κ3) is 19.6. The Balaban J connectivity index is 3.57.